The lowest BCUT2D eigenvalue weighted by atomic mass is 9.90. The highest BCUT2D eigenvalue weighted by Crippen LogP contribution is 2.60. The molecule has 1 amide bonds. The second-order valence-electron chi connectivity index (χ2n) is 8.75. The van der Waals surface area contributed by atoms with Crippen molar-refractivity contribution < 1.29 is 9.21 Å². The van der Waals surface area contributed by atoms with Crippen LogP contribution in [0.3, 0.4) is 0 Å². The molecule has 1 atom stereocenters. The third kappa shape index (κ3) is 3.94. The number of thiazole rings is 1. The molecule has 5 nitrogen and oxygen atoms in total. The molecule has 1 saturated heterocycles. The van der Waals surface area contributed by atoms with Gasteiger partial charge in [-0.2, -0.15) is 0 Å². The van der Waals surface area contributed by atoms with Gasteiger partial charge in [0, 0.05) is 30.5 Å². The normalized spacial score (nSPS) is 20.4. The van der Waals surface area contributed by atoms with Crippen molar-refractivity contribution in [1.29, 1.82) is 0 Å². The van der Waals surface area contributed by atoms with E-state index in [9.17, 15) is 4.79 Å². The summed E-state index contributed by atoms with van der Waals surface area (Å²) in [4.78, 5) is 21.6. The molecule has 5 rings (SSSR count). The predicted molar refractivity (Wildman–Crippen MR) is 118 cm³/mol. The molecule has 0 N–H and O–H groups in total. The minimum absolute atomic E-state index is 0.200. The summed E-state index contributed by atoms with van der Waals surface area (Å²) in [5, 5.41) is 2.02. The Bertz CT molecular complexity index is 991. The predicted octanol–water partition coefficient (Wildman–Crippen LogP) is 4.66. The van der Waals surface area contributed by atoms with E-state index >= 15 is 0 Å². The topological polar surface area (TPSA) is 49.6 Å². The van der Waals surface area contributed by atoms with E-state index in [0.29, 0.717) is 12.5 Å². The number of amides is 1. The molecular weight excluding hydrogens is 394 g/mol. The molecule has 1 spiro atoms. The smallest absolute Gasteiger partial charge is 0.226 e. The van der Waals surface area contributed by atoms with E-state index in [-0.39, 0.29) is 11.3 Å². The monoisotopic (exact) mass is 421 g/mol. The molecule has 2 aromatic heterocycles. The summed E-state index contributed by atoms with van der Waals surface area (Å²) in [5.41, 5.74) is 5.48. The number of benzene rings is 1. The lowest BCUT2D eigenvalue weighted by molar-refractivity contribution is -0.133. The summed E-state index contributed by atoms with van der Waals surface area (Å²) in [6.45, 7) is 3.69. The van der Waals surface area contributed by atoms with Crippen LogP contribution in [0.5, 0.6) is 0 Å². The molecule has 6 heteroatoms. The second kappa shape index (κ2) is 8.00. The highest BCUT2D eigenvalue weighted by molar-refractivity contribution is 7.07. The van der Waals surface area contributed by atoms with E-state index in [4.69, 9.17) is 4.42 Å². The Kier molecular flexibility index (Phi) is 5.21. The van der Waals surface area contributed by atoms with E-state index in [2.05, 4.69) is 34.1 Å². The van der Waals surface area contributed by atoms with Gasteiger partial charge in [-0.25, -0.2) is 4.98 Å². The van der Waals surface area contributed by atoms with Gasteiger partial charge in [0.15, 0.2) is 0 Å². The van der Waals surface area contributed by atoms with Crippen molar-refractivity contribution >= 4 is 17.2 Å². The average molecular weight is 422 g/mol. The summed E-state index contributed by atoms with van der Waals surface area (Å²) < 4.78 is 5.53. The SMILES string of the molecule is CN(Cc1cscn1)C(=O)[C@@H]1CC12CCN(Cc1cccc(-c3ccco3)c1)CC2. The number of rotatable bonds is 6. The fourth-order valence-electron chi connectivity index (χ4n) is 4.83. The van der Waals surface area contributed by atoms with Gasteiger partial charge >= 0.3 is 0 Å². The van der Waals surface area contributed by atoms with E-state index in [1.165, 1.54) is 5.56 Å². The molecule has 0 unspecified atom stereocenters. The van der Waals surface area contributed by atoms with E-state index < -0.39 is 0 Å². The lowest BCUT2D eigenvalue weighted by Gasteiger charge is -2.33. The number of hydrogen-bond donors (Lipinski definition) is 0. The highest BCUT2D eigenvalue weighted by Gasteiger charge is 2.58. The molecule has 2 fully saturated rings. The number of aromatic nitrogens is 1. The zero-order valence-electron chi connectivity index (χ0n) is 17.3. The number of carbonyl (C=O) groups is 1. The summed E-state index contributed by atoms with van der Waals surface area (Å²) in [5.74, 6) is 1.41. The molecule has 30 heavy (non-hydrogen) atoms. The maximum atomic E-state index is 12.9. The van der Waals surface area contributed by atoms with Crippen LogP contribution >= 0.6 is 11.3 Å². The number of likely N-dealkylation sites (tertiary alicyclic amines) is 1. The first kappa shape index (κ1) is 19.5. The van der Waals surface area contributed by atoms with Crippen molar-refractivity contribution in [2.24, 2.45) is 11.3 Å². The molecule has 1 aliphatic carbocycles. The number of furan rings is 1. The maximum Gasteiger partial charge on any atom is 0.226 e. The van der Waals surface area contributed by atoms with Crippen LogP contribution in [0.2, 0.25) is 0 Å². The van der Waals surface area contributed by atoms with Crippen LogP contribution in [0.25, 0.3) is 11.3 Å². The van der Waals surface area contributed by atoms with Gasteiger partial charge in [0.25, 0.3) is 0 Å². The Morgan fingerprint density at radius 1 is 1.30 bits per heavy atom. The van der Waals surface area contributed by atoms with Crippen molar-refractivity contribution in [3.63, 3.8) is 0 Å². The Balaban J connectivity index is 1.15. The van der Waals surface area contributed by atoms with Crippen LogP contribution in [0.1, 0.15) is 30.5 Å². The molecule has 1 saturated carbocycles. The van der Waals surface area contributed by atoms with Crippen LogP contribution in [0.4, 0.5) is 0 Å². The van der Waals surface area contributed by atoms with E-state index in [1.807, 2.05) is 35.0 Å². The number of piperidine rings is 1. The molecule has 0 radical (unpaired) electrons. The molecule has 156 valence electrons. The second-order valence-corrected chi connectivity index (χ2v) is 9.47. The van der Waals surface area contributed by atoms with Gasteiger partial charge in [-0.15, -0.1) is 11.3 Å². The van der Waals surface area contributed by atoms with Gasteiger partial charge in [0.05, 0.1) is 24.0 Å². The Morgan fingerprint density at radius 2 is 2.17 bits per heavy atom. The Labute approximate surface area is 181 Å². The molecule has 1 aliphatic heterocycles. The number of carbonyl (C=O) groups excluding carboxylic acids is 1. The van der Waals surface area contributed by atoms with Crippen LogP contribution in [0.15, 0.2) is 58.0 Å². The minimum atomic E-state index is 0.200. The summed E-state index contributed by atoms with van der Waals surface area (Å²) >= 11 is 1.58. The number of hydrogen-bond acceptors (Lipinski definition) is 5. The molecule has 2 aliphatic rings. The van der Waals surface area contributed by atoms with Gasteiger partial charge < -0.3 is 9.32 Å². The first-order valence-corrected chi connectivity index (χ1v) is 11.5. The third-order valence-corrected chi connectivity index (χ3v) is 7.37. The molecule has 3 aromatic rings. The van der Waals surface area contributed by atoms with Crippen molar-refractivity contribution in [3.05, 3.63) is 64.8 Å². The van der Waals surface area contributed by atoms with Gasteiger partial charge in [0.2, 0.25) is 5.91 Å². The van der Waals surface area contributed by atoms with Crippen LogP contribution in [0, 0.1) is 11.3 Å². The van der Waals surface area contributed by atoms with Crippen molar-refractivity contribution in [2.45, 2.75) is 32.4 Å². The molecular formula is C24H27N3O2S. The van der Waals surface area contributed by atoms with Gasteiger partial charge in [-0.05, 0) is 61.5 Å². The standard InChI is InChI=1S/C24H27N3O2S/c1-26(15-20-16-30-17-25-20)23(28)21-13-24(21)7-9-27(10-8-24)14-18-4-2-5-19(12-18)22-6-3-11-29-22/h2-6,11-12,16-17,21H,7-10,13-15H2,1H3/t21-/m0/s1. The van der Waals surface area contributed by atoms with Gasteiger partial charge in [0.1, 0.15) is 5.76 Å². The summed E-state index contributed by atoms with van der Waals surface area (Å²) in [6, 6.07) is 12.5. The van der Waals surface area contributed by atoms with E-state index in [1.54, 1.807) is 17.6 Å². The van der Waals surface area contributed by atoms with Crippen LogP contribution < -0.4 is 0 Å². The van der Waals surface area contributed by atoms with Crippen LogP contribution in [-0.2, 0) is 17.9 Å². The Morgan fingerprint density at radius 3 is 2.90 bits per heavy atom. The van der Waals surface area contributed by atoms with Gasteiger partial charge in [-0.1, -0.05) is 18.2 Å². The lowest BCUT2D eigenvalue weighted by Crippen LogP contribution is -2.37. The van der Waals surface area contributed by atoms with Crippen molar-refractivity contribution in [3.8, 4) is 11.3 Å². The van der Waals surface area contributed by atoms with Crippen molar-refractivity contribution in [2.75, 3.05) is 20.1 Å². The Hall–Kier alpha value is -2.44. The third-order valence-electron chi connectivity index (χ3n) is 6.74. The zero-order valence-corrected chi connectivity index (χ0v) is 18.1. The van der Waals surface area contributed by atoms with E-state index in [0.717, 1.165) is 55.9 Å². The highest BCUT2D eigenvalue weighted by atomic mass is 32.1. The number of nitrogens with zero attached hydrogens (tertiary/aromatic N) is 3. The van der Waals surface area contributed by atoms with Gasteiger partial charge in [-0.3, -0.25) is 9.69 Å². The van der Waals surface area contributed by atoms with Crippen molar-refractivity contribution in [1.82, 2.24) is 14.8 Å². The largest absolute Gasteiger partial charge is 0.464 e. The summed E-state index contributed by atoms with van der Waals surface area (Å²) in [7, 11) is 1.91. The maximum absolute atomic E-state index is 12.9. The quantitative estimate of drug-likeness (QED) is 0.581. The molecule has 3 heterocycles. The zero-order chi connectivity index (χ0) is 20.6. The first-order chi connectivity index (χ1) is 14.6. The molecule has 1 aromatic carbocycles. The van der Waals surface area contributed by atoms with Crippen LogP contribution in [-0.4, -0.2) is 40.8 Å². The minimum Gasteiger partial charge on any atom is -0.464 e. The fourth-order valence-corrected chi connectivity index (χ4v) is 5.38. The fraction of sp³-hybridized carbons (Fsp3) is 0.417. The summed E-state index contributed by atoms with van der Waals surface area (Å²) in [6.07, 6.45) is 5.00. The molecule has 0 bridgehead atoms. The average Bonchev–Trinajstić information content (AvgIpc) is 3.17. The first-order valence-electron chi connectivity index (χ1n) is 10.6.